The Labute approximate surface area is 139 Å². The highest BCUT2D eigenvalue weighted by Crippen LogP contribution is 2.32. The van der Waals surface area contributed by atoms with Gasteiger partial charge in [-0.15, -0.1) is 0 Å². The minimum atomic E-state index is -1.53. The first kappa shape index (κ1) is 18.6. The van der Waals surface area contributed by atoms with Gasteiger partial charge in [0.15, 0.2) is 17.3 Å². The summed E-state index contributed by atoms with van der Waals surface area (Å²) in [6, 6.07) is 4.54. The molecular formula is C16H22O8. The van der Waals surface area contributed by atoms with Crippen LogP contribution in [0.2, 0.25) is 0 Å². The van der Waals surface area contributed by atoms with Crippen molar-refractivity contribution < 1.29 is 39.4 Å². The van der Waals surface area contributed by atoms with Gasteiger partial charge in [-0.1, -0.05) is 6.92 Å². The first-order chi connectivity index (χ1) is 11.4. The lowest BCUT2D eigenvalue weighted by atomic mass is 9.99. The molecule has 24 heavy (non-hydrogen) atoms. The Morgan fingerprint density at radius 2 is 1.88 bits per heavy atom. The number of ketones is 1. The summed E-state index contributed by atoms with van der Waals surface area (Å²) in [5.41, 5.74) is 0.454. The fraction of sp³-hybridized carbons (Fsp3) is 0.562. The van der Waals surface area contributed by atoms with Crippen molar-refractivity contribution in [1.29, 1.82) is 0 Å². The van der Waals surface area contributed by atoms with Crippen LogP contribution in [-0.4, -0.2) is 70.6 Å². The van der Waals surface area contributed by atoms with E-state index in [1.54, 1.807) is 13.0 Å². The number of methoxy groups -OCH3 is 1. The van der Waals surface area contributed by atoms with E-state index >= 15 is 0 Å². The van der Waals surface area contributed by atoms with E-state index in [0.29, 0.717) is 12.0 Å². The Balaban J connectivity index is 2.21. The summed E-state index contributed by atoms with van der Waals surface area (Å²) in [4.78, 5) is 11.7. The number of rotatable bonds is 6. The molecule has 1 heterocycles. The Morgan fingerprint density at radius 3 is 2.46 bits per heavy atom. The van der Waals surface area contributed by atoms with Crippen LogP contribution in [0.15, 0.2) is 18.2 Å². The van der Waals surface area contributed by atoms with Crippen molar-refractivity contribution in [1.82, 2.24) is 0 Å². The van der Waals surface area contributed by atoms with E-state index in [9.17, 15) is 25.2 Å². The molecule has 1 aliphatic rings. The molecule has 134 valence electrons. The summed E-state index contributed by atoms with van der Waals surface area (Å²) in [6.45, 7) is 1.19. The third-order valence-corrected chi connectivity index (χ3v) is 3.90. The van der Waals surface area contributed by atoms with Crippen LogP contribution in [0.3, 0.4) is 0 Å². The fourth-order valence-corrected chi connectivity index (χ4v) is 2.43. The van der Waals surface area contributed by atoms with Crippen LogP contribution in [0.5, 0.6) is 11.5 Å². The number of carbonyl (C=O) groups excluding carboxylic acids is 1. The zero-order valence-corrected chi connectivity index (χ0v) is 13.5. The minimum Gasteiger partial charge on any atom is -0.493 e. The average molecular weight is 342 g/mol. The van der Waals surface area contributed by atoms with E-state index in [-0.39, 0.29) is 17.3 Å². The van der Waals surface area contributed by atoms with Gasteiger partial charge in [0, 0.05) is 12.0 Å². The van der Waals surface area contributed by atoms with Gasteiger partial charge in [-0.2, -0.15) is 0 Å². The highest BCUT2D eigenvalue weighted by atomic mass is 16.7. The first-order valence-electron chi connectivity index (χ1n) is 7.61. The van der Waals surface area contributed by atoms with E-state index < -0.39 is 37.3 Å². The van der Waals surface area contributed by atoms with Crippen LogP contribution < -0.4 is 9.47 Å². The molecule has 5 atom stereocenters. The molecule has 0 saturated carbocycles. The maximum absolute atomic E-state index is 11.7. The third kappa shape index (κ3) is 3.68. The molecule has 1 fully saturated rings. The van der Waals surface area contributed by atoms with Crippen molar-refractivity contribution in [3.05, 3.63) is 23.8 Å². The number of aliphatic hydroxyl groups excluding tert-OH is 4. The van der Waals surface area contributed by atoms with Crippen LogP contribution in [0.1, 0.15) is 23.7 Å². The molecule has 0 unspecified atom stereocenters. The SMILES string of the molecule is CCC(=O)c1ccc(O[C@@H]2O[C@H](CO)[C@@H](O)[C@H](O)[C@@H]2O)c(OC)c1. The number of carbonyl (C=O) groups is 1. The molecule has 2 rings (SSSR count). The first-order valence-corrected chi connectivity index (χ1v) is 7.61. The largest absolute Gasteiger partial charge is 0.493 e. The second-order valence-corrected chi connectivity index (χ2v) is 5.46. The topological polar surface area (TPSA) is 126 Å². The zero-order valence-electron chi connectivity index (χ0n) is 13.5. The van der Waals surface area contributed by atoms with Crippen LogP contribution in [-0.2, 0) is 4.74 Å². The summed E-state index contributed by atoms with van der Waals surface area (Å²) in [6.07, 6.45) is -6.56. The summed E-state index contributed by atoms with van der Waals surface area (Å²) in [5.74, 6) is 0.383. The Kier molecular flexibility index (Phi) is 6.14. The van der Waals surface area contributed by atoms with Gasteiger partial charge in [0.25, 0.3) is 0 Å². The molecule has 0 aliphatic carbocycles. The Hall–Kier alpha value is -1.71. The molecule has 0 spiro atoms. The van der Waals surface area contributed by atoms with Gasteiger partial charge in [0.2, 0.25) is 6.29 Å². The molecule has 1 saturated heterocycles. The fourth-order valence-electron chi connectivity index (χ4n) is 2.43. The molecular weight excluding hydrogens is 320 g/mol. The molecule has 1 aromatic carbocycles. The van der Waals surface area contributed by atoms with Gasteiger partial charge >= 0.3 is 0 Å². The second-order valence-electron chi connectivity index (χ2n) is 5.46. The van der Waals surface area contributed by atoms with E-state index in [2.05, 4.69) is 0 Å². The lowest BCUT2D eigenvalue weighted by molar-refractivity contribution is -0.277. The van der Waals surface area contributed by atoms with E-state index in [0.717, 1.165) is 0 Å². The highest BCUT2D eigenvalue weighted by Gasteiger charge is 2.44. The van der Waals surface area contributed by atoms with Gasteiger partial charge in [-0.3, -0.25) is 4.79 Å². The number of benzene rings is 1. The summed E-state index contributed by atoms with van der Waals surface area (Å²) in [5, 5.41) is 38.7. The quantitative estimate of drug-likeness (QED) is 0.508. The Morgan fingerprint density at radius 1 is 1.17 bits per heavy atom. The number of Topliss-reactive ketones (excluding diaryl/α,β-unsaturated/α-hetero) is 1. The summed E-state index contributed by atoms with van der Waals surface area (Å²) < 4.78 is 16.0. The van der Waals surface area contributed by atoms with E-state index in [1.807, 2.05) is 0 Å². The molecule has 0 bridgehead atoms. The van der Waals surface area contributed by atoms with Gasteiger partial charge in [0.1, 0.15) is 24.4 Å². The average Bonchev–Trinajstić information content (AvgIpc) is 2.61. The predicted molar refractivity (Wildman–Crippen MR) is 82.0 cm³/mol. The molecule has 1 aromatic rings. The van der Waals surface area contributed by atoms with E-state index in [4.69, 9.17) is 14.2 Å². The van der Waals surface area contributed by atoms with Crippen LogP contribution in [0.25, 0.3) is 0 Å². The monoisotopic (exact) mass is 342 g/mol. The van der Waals surface area contributed by atoms with Gasteiger partial charge in [0.05, 0.1) is 13.7 Å². The smallest absolute Gasteiger partial charge is 0.229 e. The number of aliphatic hydroxyl groups is 4. The number of ether oxygens (including phenoxy) is 3. The lowest BCUT2D eigenvalue weighted by Gasteiger charge is -2.39. The molecule has 8 heteroatoms. The van der Waals surface area contributed by atoms with Gasteiger partial charge in [-0.05, 0) is 18.2 Å². The van der Waals surface area contributed by atoms with Gasteiger partial charge in [-0.25, -0.2) is 0 Å². The van der Waals surface area contributed by atoms with Crippen molar-refractivity contribution in [2.45, 2.75) is 44.1 Å². The summed E-state index contributed by atoms with van der Waals surface area (Å²) >= 11 is 0. The zero-order chi connectivity index (χ0) is 17.9. The highest BCUT2D eigenvalue weighted by molar-refractivity contribution is 5.96. The Bertz CT molecular complexity index is 573. The second kappa shape index (κ2) is 7.91. The van der Waals surface area contributed by atoms with Gasteiger partial charge < -0.3 is 34.6 Å². The van der Waals surface area contributed by atoms with Crippen molar-refractivity contribution in [2.75, 3.05) is 13.7 Å². The predicted octanol–water partition coefficient (Wildman–Crippen LogP) is -0.533. The molecule has 0 amide bonds. The minimum absolute atomic E-state index is 0.0623. The normalized spacial score (nSPS) is 30.0. The number of hydrogen-bond donors (Lipinski definition) is 4. The third-order valence-electron chi connectivity index (χ3n) is 3.90. The maximum Gasteiger partial charge on any atom is 0.229 e. The standard InChI is InChI=1S/C16H22O8/c1-3-9(18)8-4-5-10(11(6-8)22-2)23-16-15(21)14(20)13(19)12(7-17)24-16/h4-6,12-17,19-21H,3,7H2,1-2H3/t12-,13-,14+,15+,16-/m1/s1. The number of hydrogen-bond acceptors (Lipinski definition) is 8. The van der Waals surface area contributed by atoms with Crippen molar-refractivity contribution in [3.63, 3.8) is 0 Å². The molecule has 0 aromatic heterocycles. The van der Waals surface area contributed by atoms with Crippen LogP contribution >= 0.6 is 0 Å². The lowest BCUT2D eigenvalue weighted by Crippen LogP contribution is -2.60. The van der Waals surface area contributed by atoms with Crippen molar-refractivity contribution in [2.24, 2.45) is 0 Å². The molecule has 1 aliphatic heterocycles. The van der Waals surface area contributed by atoms with E-state index in [1.165, 1.54) is 19.2 Å². The molecule has 4 N–H and O–H groups in total. The van der Waals surface area contributed by atoms with Crippen LogP contribution in [0.4, 0.5) is 0 Å². The van der Waals surface area contributed by atoms with Crippen molar-refractivity contribution in [3.8, 4) is 11.5 Å². The molecule has 8 nitrogen and oxygen atoms in total. The van der Waals surface area contributed by atoms with Crippen molar-refractivity contribution >= 4 is 5.78 Å². The summed E-state index contributed by atoms with van der Waals surface area (Å²) in [7, 11) is 1.40. The maximum atomic E-state index is 11.7. The molecule has 0 radical (unpaired) electrons. The van der Waals surface area contributed by atoms with Crippen LogP contribution in [0, 0.1) is 0 Å².